The van der Waals surface area contributed by atoms with E-state index in [0.29, 0.717) is 17.3 Å². The van der Waals surface area contributed by atoms with Gasteiger partial charge in [-0.3, -0.25) is 4.79 Å². The van der Waals surface area contributed by atoms with Gasteiger partial charge in [-0.15, -0.1) is 0 Å². The van der Waals surface area contributed by atoms with Crippen molar-refractivity contribution in [3.8, 4) is 0 Å². The molecule has 0 aliphatic heterocycles. The van der Waals surface area contributed by atoms with E-state index in [9.17, 15) is 4.79 Å². The number of carbonyl (C=O) groups excluding carboxylic acids is 1. The van der Waals surface area contributed by atoms with Crippen LogP contribution < -0.4 is 11.1 Å². The second kappa shape index (κ2) is 10.3. The number of nitrogens with one attached hydrogen (secondary N) is 1. The summed E-state index contributed by atoms with van der Waals surface area (Å²) in [6.07, 6.45) is 5.89. The quantitative estimate of drug-likeness (QED) is 0.514. The van der Waals surface area contributed by atoms with E-state index in [0.717, 1.165) is 18.4 Å². The van der Waals surface area contributed by atoms with E-state index in [-0.39, 0.29) is 12.5 Å². The largest absolute Gasteiger partial charge is 0.389 e. The minimum Gasteiger partial charge on any atom is -0.389 e. The van der Waals surface area contributed by atoms with Crippen molar-refractivity contribution in [2.24, 2.45) is 5.73 Å². The summed E-state index contributed by atoms with van der Waals surface area (Å²) in [5.74, 6) is -0.163. The van der Waals surface area contributed by atoms with E-state index in [4.69, 9.17) is 22.7 Å². The summed E-state index contributed by atoms with van der Waals surface area (Å²) in [4.78, 5) is 12.0. The number of amides is 1. The summed E-state index contributed by atoms with van der Waals surface area (Å²) in [5, 5.41) is 2.77. The van der Waals surface area contributed by atoms with Crippen molar-refractivity contribution in [3.63, 3.8) is 0 Å². The predicted octanol–water partition coefficient (Wildman–Crippen LogP) is 3.25. The molecule has 0 aliphatic rings. The molecule has 21 heavy (non-hydrogen) atoms. The highest BCUT2D eigenvalue weighted by atomic mass is 32.1. The van der Waals surface area contributed by atoms with E-state index in [1.807, 2.05) is 6.07 Å². The fourth-order valence-electron chi connectivity index (χ4n) is 1.92. The molecule has 0 saturated heterocycles. The van der Waals surface area contributed by atoms with E-state index >= 15 is 0 Å². The van der Waals surface area contributed by atoms with Gasteiger partial charge in [0, 0.05) is 17.9 Å². The molecule has 0 fully saturated rings. The van der Waals surface area contributed by atoms with Crippen LogP contribution in [0.15, 0.2) is 24.3 Å². The van der Waals surface area contributed by atoms with Crippen LogP contribution in [-0.2, 0) is 9.53 Å². The first-order valence-electron chi connectivity index (χ1n) is 7.41. The van der Waals surface area contributed by atoms with E-state index in [1.54, 1.807) is 18.2 Å². The minimum absolute atomic E-state index is 0.0745. The average molecular weight is 308 g/mol. The van der Waals surface area contributed by atoms with Gasteiger partial charge in [0.15, 0.2) is 0 Å². The summed E-state index contributed by atoms with van der Waals surface area (Å²) in [7, 11) is 0. The normalized spacial score (nSPS) is 10.3. The van der Waals surface area contributed by atoms with Crippen molar-refractivity contribution < 1.29 is 9.53 Å². The Hall–Kier alpha value is -1.46. The third-order valence-corrected chi connectivity index (χ3v) is 3.29. The average Bonchev–Trinajstić information content (AvgIpc) is 2.46. The molecular weight excluding hydrogens is 284 g/mol. The van der Waals surface area contributed by atoms with E-state index < -0.39 is 0 Å². The molecule has 0 unspecified atom stereocenters. The Bertz CT molecular complexity index is 463. The smallest absolute Gasteiger partial charge is 0.250 e. The lowest BCUT2D eigenvalue weighted by molar-refractivity contribution is -0.120. The molecule has 0 bridgehead atoms. The summed E-state index contributed by atoms with van der Waals surface area (Å²) in [5.41, 5.74) is 6.97. The fraction of sp³-hybridized carbons (Fsp3) is 0.500. The first-order valence-corrected chi connectivity index (χ1v) is 7.81. The zero-order valence-electron chi connectivity index (χ0n) is 12.6. The van der Waals surface area contributed by atoms with Crippen LogP contribution in [0.25, 0.3) is 0 Å². The van der Waals surface area contributed by atoms with Crippen LogP contribution in [0, 0.1) is 0 Å². The summed E-state index contributed by atoms with van der Waals surface area (Å²) in [6.45, 7) is 2.89. The predicted molar refractivity (Wildman–Crippen MR) is 90.5 cm³/mol. The molecule has 3 N–H and O–H groups in total. The number of benzene rings is 1. The standard InChI is InChI=1S/C16H24N2O2S/c1-2-3-4-5-6-10-20-12-15(19)18-14-9-7-8-13(11-14)16(17)21/h7-9,11H,2-6,10,12H2,1H3,(H2,17,21)(H,18,19). The molecule has 0 saturated carbocycles. The summed E-state index contributed by atoms with van der Waals surface area (Å²) < 4.78 is 5.36. The molecule has 0 heterocycles. The van der Waals surface area contributed by atoms with Gasteiger partial charge in [-0.25, -0.2) is 0 Å². The first kappa shape index (κ1) is 17.6. The van der Waals surface area contributed by atoms with Crippen molar-refractivity contribution >= 4 is 28.8 Å². The highest BCUT2D eigenvalue weighted by molar-refractivity contribution is 7.80. The molecule has 1 aromatic rings. The maximum atomic E-state index is 11.7. The van der Waals surface area contributed by atoms with Crippen molar-refractivity contribution in [3.05, 3.63) is 29.8 Å². The molecule has 0 aliphatic carbocycles. The lowest BCUT2D eigenvalue weighted by atomic mass is 10.2. The van der Waals surface area contributed by atoms with E-state index in [2.05, 4.69) is 12.2 Å². The Kier molecular flexibility index (Phi) is 8.62. The zero-order chi connectivity index (χ0) is 15.5. The summed E-state index contributed by atoms with van der Waals surface area (Å²) in [6, 6.07) is 7.17. The Morgan fingerprint density at radius 3 is 2.76 bits per heavy atom. The van der Waals surface area contributed by atoms with Crippen molar-refractivity contribution in [1.29, 1.82) is 0 Å². The highest BCUT2D eigenvalue weighted by Crippen LogP contribution is 2.10. The number of nitrogens with two attached hydrogens (primary N) is 1. The second-order valence-corrected chi connectivity index (χ2v) is 5.40. The molecule has 1 aromatic carbocycles. The van der Waals surface area contributed by atoms with Crippen LogP contribution in [0.2, 0.25) is 0 Å². The molecule has 1 amide bonds. The van der Waals surface area contributed by atoms with Crippen molar-refractivity contribution in [1.82, 2.24) is 0 Å². The van der Waals surface area contributed by atoms with Crippen LogP contribution in [0.3, 0.4) is 0 Å². The Balaban J connectivity index is 2.21. The van der Waals surface area contributed by atoms with Gasteiger partial charge in [0.1, 0.15) is 11.6 Å². The van der Waals surface area contributed by atoms with E-state index in [1.165, 1.54) is 19.3 Å². The number of rotatable bonds is 10. The lowest BCUT2D eigenvalue weighted by Gasteiger charge is -2.07. The number of anilines is 1. The number of hydrogen-bond acceptors (Lipinski definition) is 3. The second-order valence-electron chi connectivity index (χ2n) is 4.96. The molecule has 1 rings (SSSR count). The monoisotopic (exact) mass is 308 g/mol. The van der Waals surface area contributed by atoms with Gasteiger partial charge in [0.2, 0.25) is 5.91 Å². The molecule has 5 heteroatoms. The third-order valence-electron chi connectivity index (χ3n) is 3.06. The molecule has 4 nitrogen and oxygen atoms in total. The molecule has 0 aromatic heterocycles. The van der Waals surface area contributed by atoms with Gasteiger partial charge in [0.05, 0.1) is 0 Å². The molecular formula is C16H24N2O2S. The van der Waals surface area contributed by atoms with Gasteiger partial charge in [-0.2, -0.15) is 0 Å². The maximum absolute atomic E-state index is 11.7. The number of unbranched alkanes of at least 4 members (excludes halogenated alkanes) is 4. The molecule has 116 valence electrons. The Labute approximate surface area is 132 Å². The van der Waals surface area contributed by atoms with Gasteiger partial charge in [-0.1, -0.05) is 57.0 Å². The first-order chi connectivity index (χ1) is 10.1. The Morgan fingerprint density at radius 1 is 1.29 bits per heavy atom. The van der Waals surface area contributed by atoms with Gasteiger partial charge >= 0.3 is 0 Å². The van der Waals surface area contributed by atoms with Gasteiger partial charge < -0.3 is 15.8 Å². The molecule has 0 spiro atoms. The number of carbonyl (C=O) groups is 1. The maximum Gasteiger partial charge on any atom is 0.250 e. The lowest BCUT2D eigenvalue weighted by Crippen LogP contribution is -2.19. The van der Waals surface area contributed by atoms with Crippen LogP contribution in [0.4, 0.5) is 5.69 Å². The fourth-order valence-corrected chi connectivity index (χ4v) is 2.05. The SMILES string of the molecule is CCCCCCCOCC(=O)Nc1cccc(C(N)=S)c1. The Morgan fingerprint density at radius 2 is 2.05 bits per heavy atom. The van der Waals surface area contributed by atoms with Crippen LogP contribution in [0.5, 0.6) is 0 Å². The van der Waals surface area contributed by atoms with Crippen LogP contribution in [-0.4, -0.2) is 24.1 Å². The highest BCUT2D eigenvalue weighted by Gasteiger charge is 2.04. The van der Waals surface area contributed by atoms with Crippen molar-refractivity contribution in [2.45, 2.75) is 39.0 Å². The van der Waals surface area contributed by atoms with Crippen LogP contribution in [0.1, 0.15) is 44.6 Å². The zero-order valence-corrected chi connectivity index (χ0v) is 13.4. The molecule has 0 atom stereocenters. The van der Waals surface area contributed by atoms with Gasteiger partial charge in [-0.05, 0) is 18.6 Å². The topological polar surface area (TPSA) is 64.3 Å². The van der Waals surface area contributed by atoms with Crippen molar-refractivity contribution in [2.75, 3.05) is 18.5 Å². The number of hydrogen-bond donors (Lipinski definition) is 2. The third kappa shape index (κ3) is 7.78. The minimum atomic E-state index is -0.163. The molecule has 0 radical (unpaired) electrons. The number of ether oxygens (including phenoxy) is 1. The van der Waals surface area contributed by atoms with Gasteiger partial charge in [0.25, 0.3) is 0 Å². The summed E-state index contributed by atoms with van der Waals surface area (Å²) >= 11 is 4.90. The number of thiocarbonyl (C=S) groups is 1. The van der Waals surface area contributed by atoms with Crippen LogP contribution >= 0.6 is 12.2 Å².